The molecule has 6 heteroatoms. The number of hydrogen-bond acceptors (Lipinski definition) is 5. The molecule has 2 atom stereocenters. The highest BCUT2D eigenvalue weighted by atomic mass is 16.5. The van der Waals surface area contributed by atoms with Crippen LogP contribution in [0.15, 0.2) is 6.20 Å². The Morgan fingerprint density at radius 3 is 2.86 bits per heavy atom. The molecule has 0 aromatic carbocycles. The van der Waals surface area contributed by atoms with Crippen molar-refractivity contribution in [3.8, 4) is 0 Å². The van der Waals surface area contributed by atoms with Crippen molar-refractivity contribution >= 4 is 0 Å². The largest absolute Gasteiger partial charge is 0.382 e. The normalized spacial score (nSPS) is 15.4. The lowest BCUT2D eigenvalue weighted by atomic mass is 10.1. The van der Waals surface area contributed by atoms with Gasteiger partial charge >= 0.3 is 0 Å². The number of aromatic nitrogens is 3. The smallest absolute Gasteiger partial charge is 0.0767 e. The van der Waals surface area contributed by atoms with Gasteiger partial charge in [-0.2, -0.15) is 0 Å². The van der Waals surface area contributed by atoms with Crippen molar-refractivity contribution in [1.29, 1.82) is 0 Å². The highest BCUT2D eigenvalue weighted by molar-refractivity contribution is 5.01. The molecule has 0 bridgehead atoms. The first kappa shape index (κ1) is 11.1. The molecule has 0 fully saturated rings. The lowest BCUT2D eigenvalue weighted by Gasteiger charge is -2.18. The fourth-order valence-electron chi connectivity index (χ4n) is 1.32. The predicted octanol–water partition coefficient (Wildman–Crippen LogP) is -0.255. The highest BCUT2D eigenvalue weighted by Crippen LogP contribution is 2.16. The van der Waals surface area contributed by atoms with E-state index < -0.39 is 0 Å². The fourth-order valence-corrected chi connectivity index (χ4v) is 1.32. The highest BCUT2D eigenvalue weighted by Gasteiger charge is 2.16. The average molecular weight is 199 g/mol. The van der Waals surface area contributed by atoms with Crippen LogP contribution in [0.1, 0.15) is 25.1 Å². The van der Waals surface area contributed by atoms with E-state index in [4.69, 9.17) is 10.6 Å². The number of aryl methyl sites for hydroxylation is 1. The Bertz CT molecular complexity index is 274. The number of methoxy groups -OCH3 is 1. The summed E-state index contributed by atoms with van der Waals surface area (Å²) in [6.07, 6.45) is 2.63. The average Bonchev–Trinajstić information content (AvgIpc) is 2.60. The van der Waals surface area contributed by atoms with Gasteiger partial charge in [-0.05, 0) is 13.3 Å². The molecule has 0 aliphatic heterocycles. The Hall–Kier alpha value is -0.980. The zero-order valence-corrected chi connectivity index (χ0v) is 8.77. The number of rotatable bonds is 5. The molecule has 0 amide bonds. The molecule has 0 aliphatic rings. The first-order valence-electron chi connectivity index (χ1n) is 4.52. The molecule has 1 heterocycles. The summed E-state index contributed by atoms with van der Waals surface area (Å²) >= 11 is 0. The molecule has 0 spiro atoms. The number of nitrogens with zero attached hydrogens (tertiary/aromatic N) is 3. The van der Waals surface area contributed by atoms with Gasteiger partial charge < -0.3 is 4.74 Å². The number of ether oxygens (including phenoxy) is 1. The van der Waals surface area contributed by atoms with Gasteiger partial charge in [-0.25, -0.2) is 0 Å². The second-order valence-corrected chi connectivity index (χ2v) is 3.28. The van der Waals surface area contributed by atoms with E-state index in [1.54, 1.807) is 18.0 Å². The molecular formula is C8H17N5O. The molecule has 2 unspecified atom stereocenters. The minimum atomic E-state index is 0.0185. The fraction of sp³-hybridized carbons (Fsp3) is 0.750. The first-order valence-corrected chi connectivity index (χ1v) is 4.52. The number of hydrazine groups is 1. The van der Waals surface area contributed by atoms with Crippen LogP contribution >= 0.6 is 0 Å². The molecule has 1 aromatic heterocycles. The van der Waals surface area contributed by atoms with Gasteiger partial charge in [-0.1, -0.05) is 5.21 Å². The summed E-state index contributed by atoms with van der Waals surface area (Å²) in [5, 5.41) is 7.65. The summed E-state index contributed by atoms with van der Waals surface area (Å²) in [7, 11) is 3.52. The quantitative estimate of drug-likeness (QED) is 0.505. The topological polar surface area (TPSA) is 78.0 Å². The third-order valence-corrected chi connectivity index (χ3v) is 2.28. The van der Waals surface area contributed by atoms with Crippen LogP contribution in [0.4, 0.5) is 0 Å². The van der Waals surface area contributed by atoms with Crippen molar-refractivity contribution in [3.63, 3.8) is 0 Å². The van der Waals surface area contributed by atoms with Crippen LogP contribution in [-0.2, 0) is 11.8 Å². The number of nitrogens with two attached hydrogens (primary N) is 1. The Kier molecular flexibility index (Phi) is 3.99. The van der Waals surface area contributed by atoms with Crippen LogP contribution in [0.5, 0.6) is 0 Å². The van der Waals surface area contributed by atoms with Gasteiger partial charge in [0.15, 0.2) is 0 Å². The molecule has 0 aliphatic carbocycles. The molecule has 6 nitrogen and oxygen atoms in total. The molecule has 1 rings (SSSR count). The lowest BCUT2D eigenvalue weighted by Crippen LogP contribution is -2.32. The number of hydrogen-bond donors (Lipinski definition) is 2. The van der Waals surface area contributed by atoms with E-state index in [1.807, 2.05) is 14.0 Å². The van der Waals surface area contributed by atoms with Gasteiger partial charge in [-0.3, -0.25) is 16.0 Å². The Labute approximate surface area is 83.4 Å². The van der Waals surface area contributed by atoms with Gasteiger partial charge in [0.2, 0.25) is 0 Å². The Balaban J connectivity index is 2.67. The third kappa shape index (κ3) is 2.50. The van der Waals surface area contributed by atoms with Crippen molar-refractivity contribution in [3.05, 3.63) is 11.9 Å². The maximum atomic E-state index is 5.46. The zero-order chi connectivity index (χ0) is 10.6. The van der Waals surface area contributed by atoms with Crippen molar-refractivity contribution in [2.45, 2.75) is 25.5 Å². The van der Waals surface area contributed by atoms with Crippen LogP contribution in [0, 0.1) is 0 Å². The van der Waals surface area contributed by atoms with Gasteiger partial charge in [0, 0.05) is 14.2 Å². The standard InChI is InChI=1S/C8H17N5O/c1-6(14-3)4-7(11-9)8-5-10-12-13(8)2/h5-7,11H,4,9H2,1-3H3. The summed E-state index contributed by atoms with van der Waals surface area (Å²) in [6.45, 7) is 1.99. The van der Waals surface area contributed by atoms with E-state index in [9.17, 15) is 0 Å². The SMILES string of the molecule is COC(C)CC(NN)c1cnnn1C. The van der Waals surface area contributed by atoms with E-state index in [0.29, 0.717) is 0 Å². The molecule has 14 heavy (non-hydrogen) atoms. The van der Waals surface area contributed by atoms with E-state index in [1.165, 1.54) is 0 Å². The molecule has 3 N–H and O–H groups in total. The van der Waals surface area contributed by atoms with Gasteiger partial charge in [0.25, 0.3) is 0 Å². The molecular weight excluding hydrogens is 182 g/mol. The first-order chi connectivity index (χ1) is 6.69. The molecule has 0 saturated carbocycles. The number of nitrogens with one attached hydrogen (secondary N) is 1. The van der Waals surface area contributed by atoms with Gasteiger partial charge in [0.1, 0.15) is 0 Å². The van der Waals surface area contributed by atoms with Crippen LogP contribution < -0.4 is 11.3 Å². The molecule has 80 valence electrons. The van der Waals surface area contributed by atoms with Crippen molar-refractivity contribution in [2.75, 3.05) is 7.11 Å². The van der Waals surface area contributed by atoms with Crippen molar-refractivity contribution in [2.24, 2.45) is 12.9 Å². The van der Waals surface area contributed by atoms with E-state index in [0.717, 1.165) is 12.1 Å². The summed E-state index contributed by atoms with van der Waals surface area (Å²) < 4.78 is 6.88. The molecule has 0 saturated heterocycles. The van der Waals surface area contributed by atoms with Crippen LogP contribution in [0.2, 0.25) is 0 Å². The minimum absolute atomic E-state index is 0.0185. The minimum Gasteiger partial charge on any atom is -0.382 e. The second kappa shape index (κ2) is 5.04. The maximum Gasteiger partial charge on any atom is 0.0767 e. The van der Waals surface area contributed by atoms with Gasteiger partial charge in [-0.15, -0.1) is 5.10 Å². The van der Waals surface area contributed by atoms with Gasteiger partial charge in [0.05, 0.1) is 24.0 Å². The van der Waals surface area contributed by atoms with Crippen LogP contribution in [0.3, 0.4) is 0 Å². The summed E-state index contributed by atoms with van der Waals surface area (Å²) in [6, 6.07) is 0.0185. The van der Waals surface area contributed by atoms with Crippen LogP contribution in [0.25, 0.3) is 0 Å². The van der Waals surface area contributed by atoms with Crippen LogP contribution in [-0.4, -0.2) is 28.2 Å². The second-order valence-electron chi connectivity index (χ2n) is 3.28. The summed E-state index contributed by atoms with van der Waals surface area (Å²) in [5.74, 6) is 5.46. The summed E-state index contributed by atoms with van der Waals surface area (Å²) in [5.41, 5.74) is 3.68. The van der Waals surface area contributed by atoms with Crippen molar-refractivity contribution < 1.29 is 4.74 Å². The van der Waals surface area contributed by atoms with E-state index in [2.05, 4.69) is 15.7 Å². The van der Waals surface area contributed by atoms with Crippen molar-refractivity contribution in [1.82, 2.24) is 20.4 Å². The molecule has 0 radical (unpaired) electrons. The summed E-state index contributed by atoms with van der Waals surface area (Å²) in [4.78, 5) is 0. The zero-order valence-electron chi connectivity index (χ0n) is 8.77. The van der Waals surface area contributed by atoms with E-state index >= 15 is 0 Å². The predicted molar refractivity (Wildman–Crippen MR) is 52.2 cm³/mol. The lowest BCUT2D eigenvalue weighted by molar-refractivity contribution is 0.0994. The Morgan fingerprint density at radius 1 is 1.71 bits per heavy atom. The van der Waals surface area contributed by atoms with E-state index in [-0.39, 0.29) is 12.1 Å². The monoisotopic (exact) mass is 199 g/mol. The third-order valence-electron chi connectivity index (χ3n) is 2.28. The maximum absolute atomic E-state index is 5.46. The molecule has 1 aromatic rings. The Morgan fingerprint density at radius 2 is 2.43 bits per heavy atom.